The second-order valence-corrected chi connectivity index (χ2v) is 5.77. The number of ether oxygens (including phenoxy) is 1. The first-order chi connectivity index (χ1) is 11.1. The van der Waals surface area contributed by atoms with E-state index in [0.29, 0.717) is 5.56 Å². The van der Waals surface area contributed by atoms with Gasteiger partial charge in [-0.2, -0.15) is 0 Å². The third-order valence-electron chi connectivity index (χ3n) is 4.16. The highest BCUT2D eigenvalue weighted by Gasteiger charge is 2.23. The topological polar surface area (TPSA) is 63.6 Å². The lowest BCUT2D eigenvalue weighted by Crippen LogP contribution is -2.24. The second kappa shape index (κ2) is 6.24. The number of hydrogen-bond acceptors (Lipinski definition) is 4. The Morgan fingerprint density at radius 1 is 1.09 bits per heavy atom. The monoisotopic (exact) mass is 310 g/mol. The van der Waals surface area contributed by atoms with Crippen molar-refractivity contribution in [1.82, 2.24) is 0 Å². The maximum atomic E-state index is 12.5. The maximum absolute atomic E-state index is 12.5. The molecule has 4 heteroatoms. The third kappa shape index (κ3) is 3.11. The average Bonchev–Trinajstić information content (AvgIpc) is 3.01. The van der Waals surface area contributed by atoms with Crippen LogP contribution in [-0.4, -0.2) is 23.0 Å². The molecule has 0 unspecified atom stereocenters. The molecule has 118 valence electrons. The van der Waals surface area contributed by atoms with Gasteiger partial charge in [0.2, 0.25) is 5.78 Å². The number of benzene rings is 2. The van der Waals surface area contributed by atoms with Gasteiger partial charge in [-0.15, -0.1) is 0 Å². The minimum atomic E-state index is -0.901. The Hall–Kier alpha value is -2.62. The first-order valence-electron chi connectivity index (χ1n) is 7.71. The summed E-state index contributed by atoms with van der Waals surface area (Å²) in [5.41, 5.74) is 3.11. The Morgan fingerprint density at radius 2 is 1.83 bits per heavy atom. The van der Waals surface area contributed by atoms with Crippen LogP contribution in [0.1, 0.15) is 45.2 Å². The molecule has 1 N–H and O–H groups in total. The van der Waals surface area contributed by atoms with Gasteiger partial charge in [-0.3, -0.25) is 4.79 Å². The zero-order valence-corrected chi connectivity index (χ0v) is 12.9. The van der Waals surface area contributed by atoms with Gasteiger partial charge in [0, 0.05) is 5.56 Å². The average molecular weight is 310 g/mol. The molecule has 1 aliphatic rings. The van der Waals surface area contributed by atoms with E-state index in [1.807, 2.05) is 12.1 Å². The maximum Gasteiger partial charge on any atom is 0.342 e. The Labute approximate surface area is 134 Å². The molecule has 2 aromatic rings. The fourth-order valence-corrected chi connectivity index (χ4v) is 2.88. The summed E-state index contributed by atoms with van der Waals surface area (Å²) in [6.45, 7) is 1.55. The second-order valence-electron chi connectivity index (χ2n) is 5.77. The van der Waals surface area contributed by atoms with Gasteiger partial charge in [-0.25, -0.2) is 4.79 Å². The Morgan fingerprint density at radius 3 is 2.61 bits per heavy atom. The van der Waals surface area contributed by atoms with E-state index >= 15 is 0 Å². The van der Waals surface area contributed by atoms with E-state index in [1.54, 1.807) is 25.1 Å². The number of para-hydroxylation sites is 1. The molecule has 1 aliphatic carbocycles. The van der Waals surface area contributed by atoms with Gasteiger partial charge in [0.05, 0.1) is 0 Å². The Bertz CT molecular complexity index is 764. The lowest BCUT2D eigenvalue weighted by Gasteiger charge is -2.13. The molecule has 0 aromatic heterocycles. The summed E-state index contributed by atoms with van der Waals surface area (Å²) in [5.74, 6) is -1.09. The van der Waals surface area contributed by atoms with E-state index in [2.05, 4.69) is 0 Å². The van der Waals surface area contributed by atoms with E-state index in [0.717, 1.165) is 19.3 Å². The number of Topliss-reactive ketones (excluding diaryl/α,β-unsaturated/α-hetero) is 1. The number of carbonyl (C=O) groups is 2. The van der Waals surface area contributed by atoms with Crippen molar-refractivity contribution >= 4 is 11.8 Å². The number of hydrogen-bond donors (Lipinski definition) is 1. The SMILES string of the molecule is C[C@H](OC(=O)c1ccccc1O)C(=O)c1ccc2c(c1)CCC2. The number of phenolic OH excluding ortho intramolecular Hbond substituents is 1. The first-order valence-corrected chi connectivity index (χ1v) is 7.71. The summed E-state index contributed by atoms with van der Waals surface area (Å²) < 4.78 is 5.20. The van der Waals surface area contributed by atoms with Crippen molar-refractivity contribution in [2.24, 2.45) is 0 Å². The van der Waals surface area contributed by atoms with Gasteiger partial charge in [-0.1, -0.05) is 24.3 Å². The summed E-state index contributed by atoms with van der Waals surface area (Å²) in [6.07, 6.45) is 2.26. The van der Waals surface area contributed by atoms with Gasteiger partial charge in [-0.05, 0) is 55.5 Å². The van der Waals surface area contributed by atoms with Crippen LogP contribution in [0.4, 0.5) is 0 Å². The Kier molecular flexibility index (Phi) is 4.15. The van der Waals surface area contributed by atoms with Crippen LogP contribution in [-0.2, 0) is 17.6 Å². The van der Waals surface area contributed by atoms with E-state index in [4.69, 9.17) is 4.74 Å². The molecule has 1 atom stereocenters. The molecule has 0 bridgehead atoms. The van der Waals surface area contributed by atoms with Crippen molar-refractivity contribution < 1.29 is 19.4 Å². The van der Waals surface area contributed by atoms with Gasteiger partial charge >= 0.3 is 5.97 Å². The molecule has 0 aliphatic heterocycles. The third-order valence-corrected chi connectivity index (χ3v) is 4.16. The van der Waals surface area contributed by atoms with E-state index in [9.17, 15) is 14.7 Å². The minimum Gasteiger partial charge on any atom is -0.507 e. The van der Waals surface area contributed by atoms with Crippen LogP contribution >= 0.6 is 0 Å². The van der Waals surface area contributed by atoms with Gasteiger partial charge in [0.1, 0.15) is 11.3 Å². The lowest BCUT2D eigenvalue weighted by molar-refractivity contribution is 0.0316. The number of rotatable bonds is 4. The summed E-state index contributed by atoms with van der Waals surface area (Å²) >= 11 is 0. The predicted molar refractivity (Wildman–Crippen MR) is 85.8 cm³/mol. The summed E-state index contributed by atoms with van der Waals surface area (Å²) in [6, 6.07) is 11.8. The van der Waals surface area contributed by atoms with E-state index in [1.165, 1.54) is 23.3 Å². The largest absolute Gasteiger partial charge is 0.507 e. The van der Waals surface area contributed by atoms with Crippen LogP contribution in [0.2, 0.25) is 0 Å². The standard InChI is InChI=1S/C19H18O4/c1-12(23-19(22)16-7-2-3-8-17(16)20)18(21)15-10-9-13-5-4-6-14(13)11-15/h2-3,7-12,20H,4-6H2,1H3/t12-/m0/s1. The minimum absolute atomic E-state index is 0.0566. The molecule has 0 saturated heterocycles. The fourth-order valence-electron chi connectivity index (χ4n) is 2.88. The molecule has 4 nitrogen and oxygen atoms in total. The van der Waals surface area contributed by atoms with Crippen molar-refractivity contribution in [2.75, 3.05) is 0 Å². The zero-order chi connectivity index (χ0) is 16.4. The zero-order valence-electron chi connectivity index (χ0n) is 12.9. The van der Waals surface area contributed by atoms with Gasteiger partial charge < -0.3 is 9.84 Å². The highest BCUT2D eigenvalue weighted by molar-refractivity contribution is 6.02. The van der Waals surface area contributed by atoms with Crippen LogP contribution in [0.15, 0.2) is 42.5 Å². The van der Waals surface area contributed by atoms with Gasteiger partial charge in [0.15, 0.2) is 6.10 Å². The number of carbonyl (C=O) groups excluding carboxylic acids is 2. The van der Waals surface area contributed by atoms with Gasteiger partial charge in [0.25, 0.3) is 0 Å². The van der Waals surface area contributed by atoms with Crippen LogP contribution in [0.25, 0.3) is 0 Å². The molecular weight excluding hydrogens is 292 g/mol. The summed E-state index contributed by atoms with van der Waals surface area (Å²) in [5, 5.41) is 9.67. The molecule has 3 rings (SSSR count). The quantitative estimate of drug-likeness (QED) is 0.695. The number of esters is 1. The van der Waals surface area contributed by atoms with E-state index in [-0.39, 0.29) is 17.1 Å². The van der Waals surface area contributed by atoms with Crippen molar-refractivity contribution in [3.8, 4) is 5.75 Å². The number of phenols is 1. The first kappa shape index (κ1) is 15.3. The predicted octanol–water partition coefficient (Wildman–Crippen LogP) is 3.31. The highest BCUT2D eigenvalue weighted by Crippen LogP contribution is 2.24. The molecule has 0 amide bonds. The highest BCUT2D eigenvalue weighted by atomic mass is 16.5. The fraction of sp³-hybridized carbons (Fsp3) is 0.263. The van der Waals surface area contributed by atoms with Crippen molar-refractivity contribution in [1.29, 1.82) is 0 Å². The smallest absolute Gasteiger partial charge is 0.342 e. The van der Waals surface area contributed by atoms with Crippen LogP contribution in [0.5, 0.6) is 5.75 Å². The number of fused-ring (bicyclic) bond motifs is 1. The summed E-state index contributed by atoms with van der Waals surface area (Å²) in [4.78, 5) is 24.5. The molecule has 2 aromatic carbocycles. The van der Waals surface area contributed by atoms with Crippen LogP contribution in [0.3, 0.4) is 0 Å². The van der Waals surface area contributed by atoms with Crippen LogP contribution < -0.4 is 0 Å². The molecule has 0 saturated carbocycles. The molecule has 0 heterocycles. The summed E-state index contributed by atoms with van der Waals surface area (Å²) in [7, 11) is 0. The lowest BCUT2D eigenvalue weighted by atomic mass is 10.0. The van der Waals surface area contributed by atoms with Crippen molar-refractivity contribution in [3.05, 3.63) is 64.7 Å². The normalized spacial score (nSPS) is 14.1. The molecule has 0 radical (unpaired) electrons. The Balaban J connectivity index is 1.73. The molecule has 0 spiro atoms. The van der Waals surface area contributed by atoms with Crippen molar-refractivity contribution in [3.63, 3.8) is 0 Å². The van der Waals surface area contributed by atoms with Crippen LogP contribution in [0, 0.1) is 0 Å². The molecule has 23 heavy (non-hydrogen) atoms. The molecule has 0 fully saturated rings. The number of aromatic hydroxyl groups is 1. The number of ketones is 1. The van der Waals surface area contributed by atoms with Crippen molar-refractivity contribution in [2.45, 2.75) is 32.3 Å². The number of aryl methyl sites for hydroxylation is 2. The van der Waals surface area contributed by atoms with E-state index < -0.39 is 12.1 Å². The molecular formula is C19H18O4.